The maximum absolute atomic E-state index is 11.5. The van der Waals surface area contributed by atoms with Crippen LogP contribution in [0, 0.1) is 4.91 Å². The molecule has 0 aliphatic carbocycles. The molecule has 0 saturated heterocycles. The van der Waals surface area contributed by atoms with Crippen LogP contribution < -0.4 is 10.9 Å². The minimum absolute atomic E-state index is 0.287. The van der Waals surface area contributed by atoms with E-state index < -0.39 is 0 Å². The Balaban J connectivity index is 2.58. The fourth-order valence-electron chi connectivity index (χ4n) is 0.885. The maximum atomic E-state index is 11.5. The molecule has 6 heteroatoms. The maximum Gasteiger partial charge on any atom is 0.269 e. The zero-order valence-corrected chi connectivity index (χ0v) is 9.02. The first-order valence-electron chi connectivity index (χ1n) is 4.62. The fraction of sp³-hybridized carbons (Fsp3) is 0.200. The van der Waals surface area contributed by atoms with Crippen LogP contribution >= 0.6 is 0 Å². The van der Waals surface area contributed by atoms with Crippen LogP contribution in [0.3, 0.4) is 0 Å². The van der Waals surface area contributed by atoms with Gasteiger partial charge in [0.15, 0.2) is 0 Å². The van der Waals surface area contributed by atoms with Crippen molar-refractivity contribution < 1.29 is 4.79 Å². The number of allylic oxidation sites excluding steroid dienone is 2. The number of aromatic nitrogens is 1. The van der Waals surface area contributed by atoms with E-state index in [1.54, 1.807) is 26.0 Å². The number of nitrogens with zero attached hydrogens (tertiary/aromatic N) is 2. The van der Waals surface area contributed by atoms with Gasteiger partial charge in [0, 0.05) is 18.0 Å². The van der Waals surface area contributed by atoms with Gasteiger partial charge in [-0.3, -0.25) is 15.2 Å². The van der Waals surface area contributed by atoms with Gasteiger partial charge in [-0.15, -0.1) is 4.91 Å². The summed E-state index contributed by atoms with van der Waals surface area (Å²) in [6.45, 7) is 3.19. The van der Waals surface area contributed by atoms with Crippen molar-refractivity contribution in [3.8, 4) is 0 Å². The number of pyridine rings is 1. The average molecular weight is 220 g/mol. The van der Waals surface area contributed by atoms with Crippen LogP contribution in [0.15, 0.2) is 41.1 Å². The molecule has 1 aromatic heterocycles. The number of nitrogens with one attached hydrogen (secondary N) is 2. The van der Waals surface area contributed by atoms with Crippen LogP contribution in [0.2, 0.25) is 0 Å². The summed E-state index contributed by atoms with van der Waals surface area (Å²) in [7, 11) is 0. The first-order chi connectivity index (χ1) is 7.65. The minimum atomic E-state index is -0.305. The number of carbonyl (C=O) groups is 1. The highest BCUT2D eigenvalue weighted by atomic mass is 16.3. The van der Waals surface area contributed by atoms with E-state index in [-0.39, 0.29) is 11.6 Å². The third-order valence-electron chi connectivity index (χ3n) is 1.99. The second-order valence-corrected chi connectivity index (χ2v) is 3.12. The highest BCUT2D eigenvalue weighted by Crippen LogP contribution is 1.99. The summed E-state index contributed by atoms with van der Waals surface area (Å²) >= 11 is 0. The predicted octanol–water partition coefficient (Wildman–Crippen LogP) is 1.33. The Morgan fingerprint density at radius 2 is 1.88 bits per heavy atom. The van der Waals surface area contributed by atoms with Crippen LogP contribution in [-0.2, 0) is 0 Å². The molecule has 16 heavy (non-hydrogen) atoms. The normalized spacial score (nSPS) is 11.4. The van der Waals surface area contributed by atoms with Gasteiger partial charge in [0.25, 0.3) is 5.91 Å². The third-order valence-corrected chi connectivity index (χ3v) is 1.99. The van der Waals surface area contributed by atoms with E-state index in [1.807, 2.05) is 0 Å². The second kappa shape index (κ2) is 5.59. The zero-order chi connectivity index (χ0) is 12.0. The molecule has 0 aromatic carbocycles. The van der Waals surface area contributed by atoms with Crippen molar-refractivity contribution in [3.05, 3.63) is 46.4 Å². The quantitative estimate of drug-likeness (QED) is 0.592. The lowest BCUT2D eigenvalue weighted by atomic mass is 10.2. The van der Waals surface area contributed by atoms with Crippen molar-refractivity contribution in [2.75, 3.05) is 0 Å². The molecule has 0 aliphatic rings. The van der Waals surface area contributed by atoms with Crippen molar-refractivity contribution >= 4 is 5.91 Å². The highest BCUT2D eigenvalue weighted by Gasteiger charge is 2.04. The van der Waals surface area contributed by atoms with Gasteiger partial charge in [0.1, 0.15) is 5.70 Å². The van der Waals surface area contributed by atoms with Gasteiger partial charge >= 0.3 is 0 Å². The molecule has 1 heterocycles. The second-order valence-electron chi connectivity index (χ2n) is 3.12. The van der Waals surface area contributed by atoms with E-state index in [4.69, 9.17) is 0 Å². The molecule has 2 N–H and O–H groups in total. The first kappa shape index (κ1) is 11.8. The van der Waals surface area contributed by atoms with Crippen molar-refractivity contribution in [2.24, 2.45) is 5.18 Å². The molecule has 0 atom stereocenters. The third kappa shape index (κ3) is 3.16. The number of carbonyl (C=O) groups excluding carboxylic acids is 1. The van der Waals surface area contributed by atoms with Gasteiger partial charge < -0.3 is 5.43 Å². The summed E-state index contributed by atoms with van der Waals surface area (Å²) in [5, 5.41) is 2.74. The standard InChI is InChI=1S/C10H12N4O2/c1-7(8(2)14-16)12-13-10(15)9-3-5-11-6-4-9/h3-6,12H,1-2H3,(H,13,15). The van der Waals surface area contributed by atoms with Crippen LogP contribution in [0.25, 0.3) is 0 Å². The fourth-order valence-corrected chi connectivity index (χ4v) is 0.885. The average Bonchev–Trinajstić information content (AvgIpc) is 2.35. The molecular formula is C10H12N4O2. The number of amides is 1. The summed E-state index contributed by atoms with van der Waals surface area (Å²) in [6.07, 6.45) is 3.05. The largest absolute Gasteiger partial charge is 0.301 e. The van der Waals surface area contributed by atoms with Crippen molar-refractivity contribution in [1.82, 2.24) is 15.8 Å². The predicted molar refractivity (Wildman–Crippen MR) is 59.0 cm³/mol. The van der Waals surface area contributed by atoms with Crippen LogP contribution in [-0.4, -0.2) is 10.9 Å². The molecule has 0 saturated carbocycles. The van der Waals surface area contributed by atoms with Gasteiger partial charge in [-0.25, -0.2) is 0 Å². The lowest BCUT2D eigenvalue weighted by Crippen LogP contribution is -2.36. The summed E-state index contributed by atoms with van der Waals surface area (Å²) in [5.74, 6) is -0.305. The van der Waals surface area contributed by atoms with Gasteiger partial charge in [0.2, 0.25) is 0 Å². The Kier molecular flexibility index (Phi) is 4.14. The van der Waals surface area contributed by atoms with Crippen LogP contribution in [0.4, 0.5) is 0 Å². The summed E-state index contributed by atoms with van der Waals surface area (Å²) < 4.78 is 0. The lowest BCUT2D eigenvalue weighted by molar-refractivity contribution is 0.0938. The molecule has 1 rings (SSSR count). The molecule has 6 nitrogen and oxygen atoms in total. The Morgan fingerprint density at radius 1 is 1.25 bits per heavy atom. The van der Waals surface area contributed by atoms with E-state index in [1.165, 1.54) is 12.4 Å². The molecule has 1 amide bonds. The number of hydrogen-bond acceptors (Lipinski definition) is 5. The lowest BCUT2D eigenvalue weighted by Gasteiger charge is -2.08. The highest BCUT2D eigenvalue weighted by molar-refractivity contribution is 5.93. The van der Waals surface area contributed by atoms with Crippen molar-refractivity contribution in [2.45, 2.75) is 13.8 Å². The smallest absolute Gasteiger partial charge is 0.269 e. The number of hydrogen-bond donors (Lipinski definition) is 2. The molecule has 84 valence electrons. The Labute approximate surface area is 92.7 Å². The van der Waals surface area contributed by atoms with Gasteiger partial charge in [0.05, 0.1) is 5.70 Å². The molecule has 1 aromatic rings. The van der Waals surface area contributed by atoms with Gasteiger partial charge in [-0.1, -0.05) is 0 Å². The monoisotopic (exact) mass is 220 g/mol. The molecule has 0 unspecified atom stereocenters. The Bertz CT molecular complexity index is 414. The Morgan fingerprint density at radius 3 is 2.44 bits per heavy atom. The SMILES string of the molecule is CC(N=O)=C(C)NNC(=O)c1ccncc1. The van der Waals surface area contributed by atoms with Gasteiger partial charge in [-0.05, 0) is 31.2 Å². The zero-order valence-electron chi connectivity index (χ0n) is 9.02. The molecule has 0 fully saturated rings. The molecule has 0 aliphatic heterocycles. The number of rotatable bonds is 4. The first-order valence-corrected chi connectivity index (χ1v) is 4.62. The van der Waals surface area contributed by atoms with E-state index in [0.29, 0.717) is 11.3 Å². The molecule has 0 spiro atoms. The van der Waals surface area contributed by atoms with Crippen molar-refractivity contribution in [3.63, 3.8) is 0 Å². The van der Waals surface area contributed by atoms with E-state index in [9.17, 15) is 9.70 Å². The van der Waals surface area contributed by atoms with Crippen LogP contribution in [0.1, 0.15) is 24.2 Å². The number of hydrazine groups is 1. The molecular weight excluding hydrogens is 208 g/mol. The summed E-state index contributed by atoms with van der Waals surface area (Å²) in [5.41, 5.74) is 6.30. The summed E-state index contributed by atoms with van der Waals surface area (Å²) in [4.78, 5) is 25.5. The van der Waals surface area contributed by atoms with E-state index in [0.717, 1.165) is 0 Å². The molecule has 0 bridgehead atoms. The molecule has 0 radical (unpaired) electrons. The van der Waals surface area contributed by atoms with Gasteiger partial charge in [-0.2, -0.15) is 0 Å². The number of nitroso groups, excluding NO2 is 1. The minimum Gasteiger partial charge on any atom is -0.301 e. The Hall–Kier alpha value is -2.24. The van der Waals surface area contributed by atoms with E-state index >= 15 is 0 Å². The van der Waals surface area contributed by atoms with Crippen LogP contribution in [0.5, 0.6) is 0 Å². The summed E-state index contributed by atoms with van der Waals surface area (Å²) in [6, 6.07) is 3.17. The van der Waals surface area contributed by atoms with Crippen molar-refractivity contribution in [1.29, 1.82) is 0 Å². The topological polar surface area (TPSA) is 83.5 Å². The van der Waals surface area contributed by atoms with E-state index in [2.05, 4.69) is 21.0 Å².